The number of ketones is 1. The van der Waals surface area contributed by atoms with Crippen molar-refractivity contribution >= 4 is 11.8 Å². The first-order valence-corrected chi connectivity index (χ1v) is 7.66. The summed E-state index contributed by atoms with van der Waals surface area (Å²) in [4.78, 5) is 23.1. The summed E-state index contributed by atoms with van der Waals surface area (Å²) in [6, 6.07) is 3.66. The average Bonchev–Trinajstić information content (AvgIpc) is 2.59. The van der Waals surface area contributed by atoms with E-state index in [4.69, 9.17) is 20.4 Å². The van der Waals surface area contributed by atoms with Crippen LogP contribution in [0.5, 0.6) is 0 Å². The lowest BCUT2D eigenvalue weighted by molar-refractivity contribution is -0.138. The van der Waals surface area contributed by atoms with Crippen LogP contribution in [0.4, 0.5) is 0 Å². The van der Waals surface area contributed by atoms with Crippen molar-refractivity contribution in [1.82, 2.24) is 0 Å². The fourth-order valence-corrected chi connectivity index (χ4v) is 2.59. The molecule has 0 amide bonds. The van der Waals surface area contributed by atoms with Crippen LogP contribution in [0, 0.1) is 46.5 Å². The first-order chi connectivity index (χ1) is 11.5. The minimum Gasteiger partial charge on any atom is -0.462 e. The van der Waals surface area contributed by atoms with E-state index in [-0.39, 0.29) is 29.6 Å². The molecule has 0 heterocycles. The zero-order valence-electron chi connectivity index (χ0n) is 13.4. The number of nitriles is 2. The summed E-state index contributed by atoms with van der Waals surface area (Å²) in [5.74, 6) is 0.772. The molecule has 0 aromatic carbocycles. The Labute approximate surface area is 141 Å². The summed E-state index contributed by atoms with van der Waals surface area (Å²) in [5, 5.41) is 26.4. The van der Waals surface area contributed by atoms with Crippen molar-refractivity contribution in [3.8, 4) is 24.2 Å². The number of hydrogen-bond acceptors (Lipinski definition) is 6. The Bertz CT molecular complexity index is 687. The number of rotatable bonds is 5. The topological polar surface area (TPSA) is 111 Å². The number of ether oxygens (including phenoxy) is 1. The average molecular weight is 326 g/mol. The third kappa shape index (κ3) is 5.63. The van der Waals surface area contributed by atoms with Crippen molar-refractivity contribution in [3.63, 3.8) is 0 Å². The maximum absolute atomic E-state index is 11.6. The van der Waals surface area contributed by atoms with E-state index in [1.54, 1.807) is 25.1 Å². The Morgan fingerprint density at radius 1 is 1.08 bits per heavy atom. The molecule has 0 radical (unpaired) electrons. The molecule has 0 atom stereocenters. The molecular weight excluding hydrogens is 308 g/mol. The highest BCUT2D eigenvalue weighted by Crippen LogP contribution is 2.31. The number of carbonyl (C=O) groups is 2. The second-order valence-electron chi connectivity index (χ2n) is 5.35. The van der Waals surface area contributed by atoms with E-state index in [0.717, 1.165) is 25.7 Å². The van der Waals surface area contributed by atoms with Crippen LogP contribution in [-0.4, -0.2) is 23.5 Å². The van der Waals surface area contributed by atoms with Crippen LogP contribution in [0.2, 0.25) is 0 Å². The van der Waals surface area contributed by atoms with E-state index in [1.807, 2.05) is 12.0 Å². The van der Waals surface area contributed by atoms with Gasteiger partial charge in [-0.25, -0.2) is 4.79 Å². The summed E-state index contributed by atoms with van der Waals surface area (Å²) in [5.41, 5.74) is -0.0540. The van der Waals surface area contributed by atoms with Crippen molar-refractivity contribution in [2.45, 2.75) is 32.6 Å². The number of allylic oxidation sites excluding steroid dienone is 3. The molecule has 0 bridgehead atoms. The SMILES string of the molecule is CCOC(=O)C(C#N)=CC1CCC(/C=C(\C#N)C(=O)C#CO)CC1. The lowest BCUT2D eigenvalue weighted by atomic mass is 9.80. The van der Waals surface area contributed by atoms with Gasteiger partial charge in [-0.3, -0.25) is 4.79 Å². The van der Waals surface area contributed by atoms with E-state index in [1.165, 1.54) is 6.11 Å². The predicted octanol–water partition coefficient (Wildman–Crippen LogP) is 2.16. The van der Waals surface area contributed by atoms with Crippen LogP contribution < -0.4 is 0 Å². The molecule has 6 heteroatoms. The minimum atomic E-state index is -0.698. The summed E-state index contributed by atoms with van der Waals surface area (Å²) < 4.78 is 4.83. The molecule has 0 saturated heterocycles. The highest BCUT2D eigenvalue weighted by molar-refractivity contribution is 6.11. The molecule has 0 aromatic rings. The van der Waals surface area contributed by atoms with Crippen LogP contribution in [0.3, 0.4) is 0 Å². The molecule has 1 aliphatic rings. The standard InChI is InChI=1S/C18H18N2O4/c1-2-24-18(23)16(12-20)10-14-5-3-13(4-6-14)9-15(11-19)17(22)7-8-21/h9-10,13-14,21H,2-6H2,1H3/b15-9+,16-10?. The van der Waals surface area contributed by atoms with Crippen LogP contribution >= 0.6 is 0 Å². The van der Waals surface area contributed by atoms with Gasteiger partial charge >= 0.3 is 5.97 Å². The molecule has 124 valence electrons. The number of aliphatic hydroxyl groups is 1. The second-order valence-corrected chi connectivity index (χ2v) is 5.35. The van der Waals surface area contributed by atoms with Crippen molar-refractivity contribution < 1.29 is 19.4 Å². The van der Waals surface area contributed by atoms with E-state index in [2.05, 4.69) is 0 Å². The lowest BCUT2D eigenvalue weighted by Gasteiger charge is -2.24. The van der Waals surface area contributed by atoms with Gasteiger partial charge in [-0.15, -0.1) is 0 Å². The molecular formula is C18H18N2O4. The summed E-state index contributed by atoms with van der Waals surface area (Å²) in [6.45, 7) is 1.90. The zero-order chi connectivity index (χ0) is 17.9. The lowest BCUT2D eigenvalue weighted by Crippen LogP contribution is -2.15. The molecule has 1 saturated carbocycles. The molecule has 0 unspecified atom stereocenters. The summed E-state index contributed by atoms with van der Waals surface area (Å²) >= 11 is 0. The van der Waals surface area contributed by atoms with Crippen molar-refractivity contribution in [3.05, 3.63) is 23.3 Å². The number of carbonyl (C=O) groups excluding carboxylic acids is 2. The van der Waals surface area contributed by atoms with Gasteiger partial charge in [0.2, 0.25) is 5.78 Å². The van der Waals surface area contributed by atoms with E-state index >= 15 is 0 Å². The summed E-state index contributed by atoms with van der Waals surface area (Å²) in [6.07, 6.45) is 7.67. The Kier molecular flexibility index (Phi) is 7.82. The normalized spacial score (nSPS) is 20.8. The fourth-order valence-electron chi connectivity index (χ4n) is 2.59. The number of nitrogens with zero attached hydrogens (tertiary/aromatic N) is 2. The molecule has 0 aromatic heterocycles. The second kappa shape index (κ2) is 9.87. The number of Topliss-reactive ketones (excluding diaryl/α,β-unsaturated/α-hetero) is 1. The highest BCUT2D eigenvalue weighted by Gasteiger charge is 2.22. The van der Waals surface area contributed by atoms with Gasteiger partial charge in [-0.05, 0) is 44.4 Å². The van der Waals surface area contributed by atoms with Gasteiger partial charge in [0.25, 0.3) is 0 Å². The van der Waals surface area contributed by atoms with Gasteiger partial charge < -0.3 is 9.84 Å². The molecule has 24 heavy (non-hydrogen) atoms. The third-order valence-corrected chi connectivity index (χ3v) is 3.77. The largest absolute Gasteiger partial charge is 0.462 e. The van der Waals surface area contributed by atoms with Gasteiger partial charge in [0.15, 0.2) is 0 Å². The number of esters is 1. The van der Waals surface area contributed by atoms with Gasteiger partial charge in [-0.1, -0.05) is 12.2 Å². The molecule has 0 aliphatic heterocycles. The summed E-state index contributed by atoms with van der Waals surface area (Å²) in [7, 11) is 0. The first kappa shape index (κ1) is 19.0. The molecule has 1 fully saturated rings. The van der Waals surface area contributed by atoms with E-state index in [9.17, 15) is 9.59 Å². The van der Waals surface area contributed by atoms with Crippen LogP contribution in [0.15, 0.2) is 23.3 Å². The quantitative estimate of drug-likeness (QED) is 0.359. The van der Waals surface area contributed by atoms with Gasteiger partial charge in [0.05, 0.1) is 6.61 Å². The van der Waals surface area contributed by atoms with E-state index < -0.39 is 11.8 Å². The third-order valence-electron chi connectivity index (χ3n) is 3.77. The van der Waals surface area contributed by atoms with Crippen molar-refractivity contribution in [1.29, 1.82) is 10.5 Å². The molecule has 1 N–H and O–H groups in total. The monoisotopic (exact) mass is 326 g/mol. The molecule has 1 rings (SSSR count). The fraction of sp³-hybridized carbons (Fsp3) is 0.444. The minimum absolute atomic E-state index is 0.0157. The molecule has 1 aliphatic carbocycles. The number of aliphatic hydroxyl groups excluding tert-OH is 1. The van der Waals surface area contributed by atoms with Crippen LogP contribution in [0.1, 0.15) is 32.6 Å². The van der Waals surface area contributed by atoms with Crippen LogP contribution in [-0.2, 0) is 14.3 Å². The Morgan fingerprint density at radius 3 is 2.00 bits per heavy atom. The van der Waals surface area contributed by atoms with Crippen molar-refractivity contribution in [2.24, 2.45) is 11.8 Å². The molecule has 6 nitrogen and oxygen atoms in total. The van der Waals surface area contributed by atoms with Crippen LogP contribution in [0.25, 0.3) is 0 Å². The van der Waals surface area contributed by atoms with E-state index in [0.29, 0.717) is 0 Å². The first-order valence-electron chi connectivity index (χ1n) is 7.66. The number of hydrogen-bond donors (Lipinski definition) is 1. The van der Waals surface area contributed by atoms with Gasteiger partial charge in [0, 0.05) is 5.92 Å². The predicted molar refractivity (Wildman–Crippen MR) is 84.2 cm³/mol. The Morgan fingerprint density at radius 2 is 1.58 bits per heavy atom. The Hall–Kier alpha value is -3.04. The maximum atomic E-state index is 11.6. The molecule has 0 spiro atoms. The maximum Gasteiger partial charge on any atom is 0.348 e. The highest BCUT2D eigenvalue weighted by atomic mass is 16.5. The Balaban J connectivity index is 2.71. The van der Waals surface area contributed by atoms with Gasteiger partial charge in [-0.2, -0.15) is 10.5 Å². The smallest absolute Gasteiger partial charge is 0.348 e. The van der Waals surface area contributed by atoms with Crippen molar-refractivity contribution in [2.75, 3.05) is 6.61 Å². The van der Waals surface area contributed by atoms with Gasteiger partial charge in [0.1, 0.15) is 29.4 Å². The zero-order valence-corrected chi connectivity index (χ0v) is 13.4.